The Morgan fingerprint density at radius 2 is 1.76 bits per heavy atom. The summed E-state index contributed by atoms with van der Waals surface area (Å²) in [6.45, 7) is 6.68. The summed E-state index contributed by atoms with van der Waals surface area (Å²) < 4.78 is 0. The van der Waals surface area contributed by atoms with Gasteiger partial charge in [0.2, 0.25) is 0 Å². The van der Waals surface area contributed by atoms with Crippen molar-refractivity contribution in [2.75, 3.05) is 5.73 Å². The highest BCUT2D eigenvalue weighted by Crippen LogP contribution is 2.34. The van der Waals surface area contributed by atoms with E-state index in [1.807, 2.05) is 6.07 Å². The average Bonchev–Trinajstić information content (AvgIpc) is 2.93. The highest BCUT2D eigenvalue weighted by Gasteiger charge is 2.32. The second kappa shape index (κ2) is 5.53. The minimum absolute atomic E-state index is 0.182. The molecule has 2 nitrogen and oxygen atoms in total. The van der Waals surface area contributed by atoms with Gasteiger partial charge in [0.1, 0.15) is 0 Å². The zero-order valence-electron chi connectivity index (χ0n) is 13.0. The summed E-state index contributed by atoms with van der Waals surface area (Å²) in [5.41, 5.74) is 11.4. The van der Waals surface area contributed by atoms with Crippen molar-refractivity contribution < 1.29 is 0 Å². The first-order chi connectivity index (χ1) is 10.1. The predicted octanol–water partition coefficient (Wildman–Crippen LogP) is 4.00. The molecule has 0 atom stereocenters. The van der Waals surface area contributed by atoms with Crippen LogP contribution in [0, 0.1) is 0 Å². The standard InChI is InChI=1S/C19H24N2/c1-19(2,12-11-15-7-4-3-5-8-15)21-13-16-9-6-10-18(20)17(16)14-21/h3-10H,11-14,20H2,1-2H3. The summed E-state index contributed by atoms with van der Waals surface area (Å²) in [7, 11) is 0. The van der Waals surface area contributed by atoms with E-state index in [1.54, 1.807) is 0 Å². The first-order valence-electron chi connectivity index (χ1n) is 7.71. The molecule has 0 unspecified atom stereocenters. The van der Waals surface area contributed by atoms with Gasteiger partial charge < -0.3 is 5.73 Å². The molecule has 0 spiro atoms. The third kappa shape index (κ3) is 2.96. The summed E-state index contributed by atoms with van der Waals surface area (Å²) in [6.07, 6.45) is 2.28. The molecule has 1 aliphatic heterocycles. The van der Waals surface area contributed by atoms with Crippen molar-refractivity contribution in [3.05, 3.63) is 65.2 Å². The molecule has 0 fully saturated rings. The monoisotopic (exact) mass is 280 g/mol. The molecule has 2 heteroatoms. The van der Waals surface area contributed by atoms with Gasteiger partial charge in [-0.25, -0.2) is 0 Å². The minimum Gasteiger partial charge on any atom is -0.398 e. The second-order valence-corrected chi connectivity index (χ2v) is 6.64. The fraction of sp³-hybridized carbons (Fsp3) is 0.368. The first kappa shape index (κ1) is 14.2. The van der Waals surface area contributed by atoms with Crippen molar-refractivity contribution in [1.82, 2.24) is 4.90 Å². The molecule has 0 aromatic heterocycles. The molecule has 0 amide bonds. The zero-order chi connectivity index (χ0) is 14.9. The van der Waals surface area contributed by atoms with Gasteiger partial charge in [-0.1, -0.05) is 42.5 Å². The molecule has 1 aliphatic rings. The molecule has 2 aromatic carbocycles. The van der Waals surface area contributed by atoms with E-state index in [2.05, 4.69) is 61.2 Å². The van der Waals surface area contributed by atoms with E-state index >= 15 is 0 Å². The number of anilines is 1. The summed E-state index contributed by atoms with van der Waals surface area (Å²) in [5.74, 6) is 0. The van der Waals surface area contributed by atoms with Gasteiger partial charge in [0.15, 0.2) is 0 Å². The van der Waals surface area contributed by atoms with E-state index in [1.165, 1.54) is 16.7 Å². The zero-order valence-corrected chi connectivity index (χ0v) is 13.0. The van der Waals surface area contributed by atoms with Gasteiger partial charge in [0.05, 0.1) is 0 Å². The van der Waals surface area contributed by atoms with Gasteiger partial charge in [-0.15, -0.1) is 0 Å². The van der Waals surface area contributed by atoms with E-state index in [0.29, 0.717) is 0 Å². The van der Waals surface area contributed by atoms with Crippen LogP contribution in [0.4, 0.5) is 5.69 Å². The predicted molar refractivity (Wildman–Crippen MR) is 88.9 cm³/mol. The first-order valence-corrected chi connectivity index (χ1v) is 7.71. The van der Waals surface area contributed by atoms with Crippen LogP contribution in [-0.2, 0) is 19.5 Å². The Hall–Kier alpha value is -1.80. The third-order valence-corrected chi connectivity index (χ3v) is 4.74. The van der Waals surface area contributed by atoms with Crippen molar-refractivity contribution in [3.8, 4) is 0 Å². The van der Waals surface area contributed by atoms with Gasteiger partial charge in [-0.3, -0.25) is 4.90 Å². The number of aryl methyl sites for hydroxylation is 1. The van der Waals surface area contributed by atoms with Crippen LogP contribution in [-0.4, -0.2) is 10.4 Å². The lowest BCUT2D eigenvalue weighted by Crippen LogP contribution is -2.40. The lowest BCUT2D eigenvalue weighted by molar-refractivity contribution is 0.110. The number of nitrogens with zero attached hydrogens (tertiary/aromatic N) is 1. The Bertz CT molecular complexity index is 617. The van der Waals surface area contributed by atoms with E-state index in [-0.39, 0.29) is 5.54 Å². The Labute approximate surface area is 127 Å². The molecule has 2 N–H and O–H groups in total. The minimum atomic E-state index is 0.182. The summed E-state index contributed by atoms with van der Waals surface area (Å²) in [4.78, 5) is 2.55. The maximum atomic E-state index is 6.12. The summed E-state index contributed by atoms with van der Waals surface area (Å²) in [5, 5.41) is 0. The lowest BCUT2D eigenvalue weighted by atomic mass is 9.93. The maximum Gasteiger partial charge on any atom is 0.0363 e. The number of nitrogen functional groups attached to an aromatic ring is 1. The molecule has 2 aromatic rings. The number of fused-ring (bicyclic) bond motifs is 1. The van der Waals surface area contributed by atoms with Crippen LogP contribution in [0.15, 0.2) is 48.5 Å². The van der Waals surface area contributed by atoms with Crippen LogP contribution in [0.2, 0.25) is 0 Å². The fourth-order valence-electron chi connectivity index (χ4n) is 3.13. The number of hydrogen-bond donors (Lipinski definition) is 1. The maximum absolute atomic E-state index is 6.12. The Balaban J connectivity index is 1.68. The largest absolute Gasteiger partial charge is 0.398 e. The van der Waals surface area contributed by atoms with Crippen LogP contribution in [0.5, 0.6) is 0 Å². The van der Waals surface area contributed by atoms with Gasteiger partial charge in [0.25, 0.3) is 0 Å². The molecule has 110 valence electrons. The Kier molecular flexibility index (Phi) is 3.73. The van der Waals surface area contributed by atoms with Gasteiger partial charge in [0, 0.05) is 24.3 Å². The number of nitrogens with two attached hydrogens (primary N) is 1. The SMILES string of the molecule is CC(C)(CCc1ccccc1)N1Cc2cccc(N)c2C1. The second-order valence-electron chi connectivity index (χ2n) is 6.64. The molecule has 3 rings (SSSR count). The van der Waals surface area contributed by atoms with E-state index < -0.39 is 0 Å². The van der Waals surface area contributed by atoms with E-state index in [9.17, 15) is 0 Å². The molecule has 0 saturated carbocycles. The Morgan fingerprint density at radius 1 is 1.00 bits per heavy atom. The van der Waals surface area contributed by atoms with Crippen molar-refractivity contribution in [1.29, 1.82) is 0 Å². The average molecular weight is 280 g/mol. The van der Waals surface area contributed by atoms with Crippen molar-refractivity contribution in [2.24, 2.45) is 0 Å². The van der Waals surface area contributed by atoms with Gasteiger partial charge >= 0.3 is 0 Å². The molecule has 1 heterocycles. The van der Waals surface area contributed by atoms with Crippen LogP contribution in [0.3, 0.4) is 0 Å². The molecule has 0 saturated heterocycles. The highest BCUT2D eigenvalue weighted by molar-refractivity contribution is 5.52. The van der Waals surface area contributed by atoms with Crippen molar-refractivity contribution in [3.63, 3.8) is 0 Å². The van der Waals surface area contributed by atoms with Crippen LogP contribution in [0.25, 0.3) is 0 Å². The van der Waals surface area contributed by atoms with Gasteiger partial charge in [-0.05, 0) is 49.4 Å². The summed E-state index contributed by atoms with van der Waals surface area (Å²) in [6, 6.07) is 17.0. The van der Waals surface area contributed by atoms with Crippen LogP contribution < -0.4 is 5.73 Å². The topological polar surface area (TPSA) is 29.3 Å². The Morgan fingerprint density at radius 3 is 2.48 bits per heavy atom. The quantitative estimate of drug-likeness (QED) is 0.858. The molecular formula is C19H24N2. The number of benzene rings is 2. The third-order valence-electron chi connectivity index (χ3n) is 4.74. The molecule has 21 heavy (non-hydrogen) atoms. The fourth-order valence-corrected chi connectivity index (χ4v) is 3.13. The van der Waals surface area contributed by atoms with E-state index in [4.69, 9.17) is 5.73 Å². The number of hydrogen-bond acceptors (Lipinski definition) is 2. The molecule has 0 radical (unpaired) electrons. The van der Waals surface area contributed by atoms with Crippen LogP contribution >= 0.6 is 0 Å². The smallest absolute Gasteiger partial charge is 0.0363 e. The van der Waals surface area contributed by atoms with Crippen molar-refractivity contribution >= 4 is 5.69 Å². The molecule has 0 bridgehead atoms. The van der Waals surface area contributed by atoms with Gasteiger partial charge in [-0.2, -0.15) is 0 Å². The van der Waals surface area contributed by atoms with E-state index in [0.717, 1.165) is 31.6 Å². The normalized spacial score (nSPS) is 15.1. The molecular weight excluding hydrogens is 256 g/mol. The summed E-state index contributed by atoms with van der Waals surface area (Å²) >= 11 is 0. The lowest BCUT2D eigenvalue weighted by Gasteiger charge is -2.35. The van der Waals surface area contributed by atoms with Crippen molar-refractivity contribution in [2.45, 2.75) is 45.3 Å². The highest BCUT2D eigenvalue weighted by atomic mass is 15.2. The number of rotatable bonds is 4. The molecule has 0 aliphatic carbocycles. The van der Waals surface area contributed by atoms with Crippen LogP contribution in [0.1, 0.15) is 37.0 Å².